The fraction of sp³-hybridized carbons (Fsp3) is 0.720. The topological polar surface area (TPSA) is 58.3 Å². The highest BCUT2D eigenvalue weighted by atomic mass is 16.3. The number of hydrogen-bond donors (Lipinski definition) is 2. The predicted molar refractivity (Wildman–Crippen MR) is 115 cm³/mol. The Morgan fingerprint density at radius 1 is 1.14 bits per heavy atom. The van der Waals surface area contributed by atoms with E-state index in [9.17, 15) is 10.2 Å². The van der Waals surface area contributed by atoms with E-state index in [0.29, 0.717) is 17.8 Å². The van der Waals surface area contributed by atoms with Crippen LogP contribution in [0.2, 0.25) is 0 Å². The van der Waals surface area contributed by atoms with E-state index in [-0.39, 0.29) is 23.0 Å². The highest BCUT2D eigenvalue weighted by Gasteiger charge is 2.59. The number of aliphatic hydroxyl groups is 2. The van der Waals surface area contributed by atoms with Gasteiger partial charge >= 0.3 is 0 Å². The summed E-state index contributed by atoms with van der Waals surface area (Å²) in [6.07, 6.45) is 13.6. The fourth-order valence-corrected chi connectivity index (χ4v) is 7.60. The van der Waals surface area contributed by atoms with Crippen molar-refractivity contribution in [2.75, 3.05) is 0 Å². The molecule has 4 nitrogen and oxygen atoms in total. The Morgan fingerprint density at radius 3 is 2.66 bits per heavy atom. The van der Waals surface area contributed by atoms with Crippen LogP contribution in [0, 0.1) is 35.5 Å². The second kappa shape index (κ2) is 6.55. The molecule has 0 aliphatic heterocycles. The van der Waals surface area contributed by atoms with Crippen molar-refractivity contribution in [2.24, 2.45) is 35.6 Å². The molecule has 3 fully saturated rings. The Bertz CT molecular complexity index is 883. The maximum absolute atomic E-state index is 11.4. The summed E-state index contributed by atoms with van der Waals surface area (Å²) in [5.41, 5.74) is 5.12. The molecule has 5 rings (SSSR count). The monoisotopic (exact) mass is 396 g/mol. The largest absolute Gasteiger partial charge is 0.393 e. The first-order chi connectivity index (χ1) is 13.7. The van der Waals surface area contributed by atoms with Crippen molar-refractivity contribution >= 4 is 6.08 Å². The van der Waals surface area contributed by atoms with Crippen molar-refractivity contribution in [1.82, 2.24) is 9.78 Å². The molecule has 4 aliphatic carbocycles. The fourth-order valence-electron chi connectivity index (χ4n) is 7.60. The van der Waals surface area contributed by atoms with Crippen LogP contribution in [-0.4, -0.2) is 32.2 Å². The van der Waals surface area contributed by atoms with Crippen LogP contribution in [0.4, 0.5) is 0 Å². The van der Waals surface area contributed by atoms with Crippen LogP contribution in [0.15, 0.2) is 23.4 Å². The summed E-state index contributed by atoms with van der Waals surface area (Å²) >= 11 is 0. The first kappa shape index (κ1) is 19.6. The van der Waals surface area contributed by atoms with Crippen LogP contribution < -0.4 is 0 Å². The summed E-state index contributed by atoms with van der Waals surface area (Å²) in [4.78, 5) is 0. The maximum Gasteiger partial charge on any atom is 0.0809 e. The summed E-state index contributed by atoms with van der Waals surface area (Å²) in [7, 11) is 1.96. The van der Waals surface area contributed by atoms with Crippen LogP contribution in [0.5, 0.6) is 0 Å². The molecule has 1 aromatic heterocycles. The molecule has 158 valence electrons. The molecule has 1 aromatic rings. The number of aliphatic hydroxyl groups excluding tert-OH is 2. The van der Waals surface area contributed by atoms with Gasteiger partial charge in [-0.1, -0.05) is 25.5 Å². The average Bonchev–Trinajstić information content (AvgIpc) is 3.12. The third kappa shape index (κ3) is 2.82. The van der Waals surface area contributed by atoms with Gasteiger partial charge in [0.25, 0.3) is 0 Å². The Kier molecular flexibility index (Phi) is 4.42. The van der Waals surface area contributed by atoms with Gasteiger partial charge in [0.1, 0.15) is 0 Å². The summed E-state index contributed by atoms with van der Waals surface area (Å²) < 4.78 is 1.86. The van der Waals surface area contributed by atoms with Crippen LogP contribution in [0.3, 0.4) is 0 Å². The van der Waals surface area contributed by atoms with Gasteiger partial charge in [-0.25, -0.2) is 0 Å². The molecular formula is C25H36N2O2. The molecule has 0 bridgehead atoms. The van der Waals surface area contributed by atoms with Gasteiger partial charge in [0.15, 0.2) is 0 Å². The number of aryl methyl sites for hydroxylation is 2. The Morgan fingerprint density at radius 2 is 1.93 bits per heavy atom. The number of fused-ring (bicyclic) bond motifs is 5. The van der Waals surface area contributed by atoms with E-state index in [4.69, 9.17) is 0 Å². The second-order valence-electron chi connectivity index (χ2n) is 10.9. The quantitative estimate of drug-likeness (QED) is 0.692. The van der Waals surface area contributed by atoms with Gasteiger partial charge in [-0.05, 0) is 86.7 Å². The minimum absolute atomic E-state index is 0.0149. The van der Waals surface area contributed by atoms with Crippen LogP contribution in [-0.2, 0) is 7.05 Å². The Hall–Kier alpha value is -1.39. The molecule has 7 atom stereocenters. The van der Waals surface area contributed by atoms with Gasteiger partial charge in [-0.15, -0.1) is 0 Å². The molecule has 29 heavy (non-hydrogen) atoms. The van der Waals surface area contributed by atoms with Crippen molar-refractivity contribution in [1.29, 1.82) is 0 Å². The number of allylic oxidation sites excluding steroid dienone is 1. The molecule has 3 saturated carbocycles. The van der Waals surface area contributed by atoms with Gasteiger partial charge in [0, 0.05) is 24.2 Å². The van der Waals surface area contributed by atoms with E-state index >= 15 is 0 Å². The van der Waals surface area contributed by atoms with Crippen molar-refractivity contribution in [2.45, 2.75) is 77.9 Å². The van der Waals surface area contributed by atoms with Crippen molar-refractivity contribution < 1.29 is 10.2 Å². The number of rotatable bonds is 1. The zero-order valence-electron chi connectivity index (χ0n) is 18.4. The summed E-state index contributed by atoms with van der Waals surface area (Å²) in [6, 6.07) is 0. The number of aromatic nitrogens is 2. The van der Waals surface area contributed by atoms with E-state index in [0.717, 1.165) is 49.8 Å². The van der Waals surface area contributed by atoms with Gasteiger partial charge < -0.3 is 10.2 Å². The average molecular weight is 397 g/mol. The molecule has 0 amide bonds. The number of hydrogen-bond acceptors (Lipinski definition) is 3. The smallest absolute Gasteiger partial charge is 0.0809 e. The van der Waals surface area contributed by atoms with Gasteiger partial charge in [0.2, 0.25) is 0 Å². The lowest BCUT2D eigenvalue weighted by Crippen LogP contribution is -2.51. The minimum atomic E-state index is -0.348. The lowest BCUT2D eigenvalue weighted by Gasteiger charge is -2.57. The van der Waals surface area contributed by atoms with Crippen LogP contribution >= 0.6 is 0 Å². The lowest BCUT2D eigenvalue weighted by molar-refractivity contribution is -0.0685. The summed E-state index contributed by atoms with van der Waals surface area (Å²) in [5, 5.41) is 26.0. The van der Waals surface area contributed by atoms with E-state index in [2.05, 4.69) is 37.3 Å². The Labute approximate surface area is 174 Å². The molecule has 0 saturated heterocycles. The molecule has 2 N–H and O–H groups in total. The summed E-state index contributed by atoms with van der Waals surface area (Å²) in [5.74, 6) is 1.88. The first-order valence-electron chi connectivity index (χ1n) is 11.5. The highest BCUT2D eigenvalue weighted by Crippen LogP contribution is 2.65. The third-order valence-electron chi connectivity index (χ3n) is 9.34. The molecular weight excluding hydrogens is 360 g/mol. The lowest BCUT2D eigenvalue weighted by atomic mass is 9.48. The molecule has 0 radical (unpaired) electrons. The third-order valence-corrected chi connectivity index (χ3v) is 9.34. The molecule has 0 unspecified atom stereocenters. The predicted octanol–water partition coefficient (Wildman–Crippen LogP) is 4.41. The zero-order valence-corrected chi connectivity index (χ0v) is 18.4. The minimum Gasteiger partial charge on any atom is -0.393 e. The Balaban J connectivity index is 1.48. The number of nitrogens with zero attached hydrogens (tertiary/aromatic N) is 2. The first-order valence-corrected chi connectivity index (χ1v) is 11.5. The zero-order chi connectivity index (χ0) is 20.6. The molecule has 4 aliphatic rings. The van der Waals surface area contributed by atoms with Crippen LogP contribution in [0.25, 0.3) is 6.08 Å². The van der Waals surface area contributed by atoms with Crippen molar-refractivity contribution in [3.05, 3.63) is 34.7 Å². The molecule has 0 aromatic carbocycles. The normalized spacial score (nSPS) is 45.5. The van der Waals surface area contributed by atoms with Crippen molar-refractivity contribution in [3.8, 4) is 0 Å². The van der Waals surface area contributed by atoms with E-state index in [1.807, 2.05) is 18.7 Å². The van der Waals surface area contributed by atoms with E-state index in [1.165, 1.54) is 17.6 Å². The standard InChI is InChI=1S/C25H36N2O2/c1-15-17(14-27(4)26-15)11-16-12-22-20-6-5-18-13-19(28)7-9-24(18,2)21(20)8-10-25(22,3)23(16)29/h5,11,14,19-23,28-29H,6-10,12-13H2,1-4H3/b16-11+/t19-,20-,21+,22+,23-,24-,25+/m0/s1. The van der Waals surface area contributed by atoms with E-state index < -0.39 is 0 Å². The SMILES string of the molecule is Cc1nn(C)cc1/C=C1\C[C@@H]2[C@H]3CC=C4C[C@@H](O)CC[C@]4(C)[C@@H]3CC[C@@]2(C)[C@H]1O. The van der Waals surface area contributed by atoms with Gasteiger partial charge in [-0.3, -0.25) is 4.68 Å². The van der Waals surface area contributed by atoms with E-state index in [1.54, 1.807) is 0 Å². The molecule has 0 spiro atoms. The highest BCUT2D eigenvalue weighted by molar-refractivity contribution is 5.57. The van der Waals surface area contributed by atoms with Gasteiger partial charge in [-0.2, -0.15) is 5.10 Å². The molecule has 4 heteroatoms. The maximum atomic E-state index is 11.4. The van der Waals surface area contributed by atoms with Crippen molar-refractivity contribution in [3.63, 3.8) is 0 Å². The van der Waals surface area contributed by atoms with Gasteiger partial charge in [0.05, 0.1) is 17.9 Å². The summed E-state index contributed by atoms with van der Waals surface area (Å²) in [6.45, 7) is 6.84. The second-order valence-corrected chi connectivity index (χ2v) is 10.9. The molecule has 1 heterocycles. The van der Waals surface area contributed by atoms with Crippen LogP contribution in [0.1, 0.15) is 70.1 Å².